The van der Waals surface area contributed by atoms with Gasteiger partial charge in [0, 0.05) is 24.3 Å². The van der Waals surface area contributed by atoms with E-state index in [-0.39, 0.29) is 16.1 Å². The largest absolute Gasteiger partial charge is 0.416 e. The quantitative estimate of drug-likeness (QED) is 0.741. The molecule has 5 nitrogen and oxygen atoms in total. The van der Waals surface area contributed by atoms with Gasteiger partial charge in [0.25, 0.3) is 5.91 Å². The second-order valence-corrected chi connectivity index (χ2v) is 9.23. The Morgan fingerprint density at radius 3 is 2.13 bits per heavy atom. The number of halogens is 3. The van der Waals surface area contributed by atoms with E-state index in [1.54, 1.807) is 19.1 Å². The maximum Gasteiger partial charge on any atom is 0.416 e. The van der Waals surface area contributed by atoms with Gasteiger partial charge < -0.3 is 5.32 Å². The van der Waals surface area contributed by atoms with Crippen LogP contribution >= 0.6 is 0 Å². The first-order valence-electron chi connectivity index (χ1n) is 9.68. The van der Waals surface area contributed by atoms with E-state index in [2.05, 4.69) is 5.32 Å². The first-order chi connectivity index (χ1) is 14.1. The van der Waals surface area contributed by atoms with Crippen LogP contribution in [0.4, 0.5) is 18.9 Å². The highest BCUT2D eigenvalue weighted by Gasteiger charge is 2.30. The van der Waals surface area contributed by atoms with Gasteiger partial charge in [-0.1, -0.05) is 18.9 Å². The number of carbonyl (C=O) groups is 1. The van der Waals surface area contributed by atoms with Gasteiger partial charge in [0.2, 0.25) is 10.0 Å². The van der Waals surface area contributed by atoms with E-state index in [1.807, 2.05) is 0 Å². The zero-order chi connectivity index (χ0) is 21.9. The van der Waals surface area contributed by atoms with E-state index in [0.29, 0.717) is 18.7 Å². The van der Waals surface area contributed by atoms with Crippen molar-refractivity contribution in [1.29, 1.82) is 0 Å². The number of nitrogens with one attached hydrogen (secondary N) is 1. The van der Waals surface area contributed by atoms with Gasteiger partial charge in [0.1, 0.15) is 0 Å². The van der Waals surface area contributed by atoms with Gasteiger partial charge in [-0.05, 0) is 61.7 Å². The van der Waals surface area contributed by atoms with Crippen molar-refractivity contribution in [3.8, 4) is 0 Å². The Hall–Kier alpha value is -2.39. The number of anilines is 1. The summed E-state index contributed by atoms with van der Waals surface area (Å²) in [6.45, 7) is 2.61. The maximum atomic E-state index is 13.1. The summed E-state index contributed by atoms with van der Waals surface area (Å²) in [5.74, 6) is -0.620. The molecule has 0 radical (unpaired) electrons. The Morgan fingerprint density at radius 2 is 1.57 bits per heavy atom. The number of amides is 1. The molecule has 9 heteroatoms. The van der Waals surface area contributed by atoms with Crippen LogP contribution in [-0.2, 0) is 16.2 Å². The second-order valence-electron chi connectivity index (χ2n) is 7.33. The van der Waals surface area contributed by atoms with E-state index in [4.69, 9.17) is 0 Å². The topological polar surface area (TPSA) is 66.5 Å². The summed E-state index contributed by atoms with van der Waals surface area (Å²) in [4.78, 5) is 12.5. The number of carbonyl (C=O) groups excluding carboxylic acids is 1. The van der Waals surface area contributed by atoms with Crippen molar-refractivity contribution < 1.29 is 26.4 Å². The third-order valence-electron chi connectivity index (χ3n) is 5.10. The molecule has 1 saturated heterocycles. The van der Waals surface area contributed by atoms with Gasteiger partial charge in [-0.2, -0.15) is 17.5 Å². The van der Waals surface area contributed by atoms with Crippen LogP contribution in [0.5, 0.6) is 0 Å². The smallest absolute Gasteiger partial charge is 0.322 e. The van der Waals surface area contributed by atoms with E-state index < -0.39 is 27.7 Å². The average molecular weight is 440 g/mol. The van der Waals surface area contributed by atoms with Crippen molar-refractivity contribution in [2.75, 3.05) is 18.4 Å². The normalized spacial score (nSPS) is 16.1. The fraction of sp³-hybridized carbons (Fsp3) is 0.381. The molecular formula is C21H23F3N2O3S. The lowest BCUT2D eigenvalue weighted by Crippen LogP contribution is -2.32. The van der Waals surface area contributed by atoms with Crippen molar-refractivity contribution in [3.63, 3.8) is 0 Å². The molecule has 0 aliphatic carbocycles. The predicted molar refractivity (Wildman–Crippen MR) is 108 cm³/mol. The van der Waals surface area contributed by atoms with Crippen molar-refractivity contribution in [3.05, 3.63) is 59.2 Å². The lowest BCUT2D eigenvalue weighted by atomic mass is 10.1. The minimum atomic E-state index is -4.48. The number of aryl methyl sites for hydroxylation is 1. The molecule has 2 aromatic carbocycles. The first kappa shape index (κ1) is 22.3. The van der Waals surface area contributed by atoms with Crippen LogP contribution in [0.2, 0.25) is 0 Å². The highest BCUT2D eigenvalue weighted by atomic mass is 32.2. The highest BCUT2D eigenvalue weighted by Crippen LogP contribution is 2.29. The lowest BCUT2D eigenvalue weighted by molar-refractivity contribution is -0.137. The summed E-state index contributed by atoms with van der Waals surface area (Å²) in [5, 5.41) is 2.57. The lowest BCUT2D eigenvalue weighted by Gasteiger charge is -2.21. The zero-order valence-electron chi connectivity index (χ0n) is 16.5. The van der Waals surface area contributed by atoms with Gasteiger partial charge in [-0.15, -0.1) is 0 Å². The molecule has 1 N–H and O–H groups in total. The van der Waals surface area contributed by atoms with Crippen LogP contribution < -0.4 is 5.32 Å². The summed E-state index contributed by atoms with van der Waals surface area (Å²) in [6.07, 6.45) is -0.879. The molecule has 1 amide bonds. The van der Waals surface area contributed by atoms with Gasteiger partial charge >= 0.3 is 6.18 Å². The first-order valence-corrected chi connectivity index (χ1v) is 11.1. The molecule has 0 atom stereocenters. The standard InChI is InChI=1S/C21H23F3N2O3S/c1-15-6-11-18(14-19(15)30(28,29)26-12-4-2-3-5-13-26)25-20(27)16-7-9-17(10-8-16)21(22,23)24/h6-11,14H,2-5,12-13H2,1H3,(H,25,27). The van der Waals surface area contributed by atoms with E-state index >= 15 is 0 Å². The van der Waals surface area contributed by atoms with Crippen LogP contribution in [0, 0.1) is 6.92 Å². The maximum absolute atomic E-state index is 13.1. The molecule has 1 aliphatic rings. The fourth-order valence-electron chi connectivity index (χ4n) is 3.39. The molecule has 0 bridgehead atoms. The minimum absolute atomic E-state index is 0.0421. The molecule has 0 aromatic heterocycles. The molecule has 3 rings (SSSR count). The highest BCUT2D eigenvalue weighted by molar-refractivity contribution is 7.89. The van der Waals surface area contributed by atoms with Crippen LogP contribution in [-0.4, -0.2) is 31.7 Å². The SMILES string of the molecule is Cc1ccc(NC(=O)c2ccc(C(F)(F)F)cc2)cc1S(=O)(=O)N1CCCCCC1. The van der Waals surface area contributed by atoms with E-state index in [1.165, 1.54) is 10.4 Å². The number of alkyl halides is 3. The number of sulfonamides is 1. The molecule has 1 fully saturated rings. The Kier molecular flexibility index (Phi) is 6.52. The fourth-order valence-corrected chi connectivity index (χ4v) is 5.16. The summed E-state index contributed by atoms with van der Waals surface area (Å²) >= 11 is 0. The van der Waals surface area contributed by atoms with E-state index in [9.17, 15) is 26.4 Å². The van der Waals surface area contributed by atoms with Gasteiger partial charge in [-0.25, -0.2) is 8.42 Å². The molecule has 2 aromatic rings. The zero-order valence-corrected chi connectivity index (χ0v) is 17.3. The Balaban J connectivity index is 1.82. The molecule has 0 saturated carbocycles. The predicted octanol–water partition coefficient (Wildman–Crippen LogP) is 4.83. The second kappa shape index (κ2) is 8.77. The van der Waals surface area contributed by atoms with Gasteiger partial charge in [0.15, 0.2) is 0 Å². The third-order valence-corrected chi connectivity index (χ3v) is 7.14. The van der Waals surface area contributed by atoms with Crippen molar-refractivity contribution >= 4 is 21.6 Å². The number of rotatable bonds is 4. The number of hydrogen-bond donors (Lipinski definition) is 1. The molecular weight excluding hydrogens is 417 g/mol. The van der Waals surface area contributed by atoms with Gasteiger partial charge in [-0.3, -0.25) is 4.79 Å². The summed E-state index contributed by atoms with van der Waals surface area (Å²) in [7, 11) is -3.70. The molecule has 1 aliphatic heterocycles. The van der Waals surface area contributed by atoms with Crippen molar-refractivity contribution in [2.24, 2.45) is 0 Å². The molecule has 0 unspecified atom stereocenters. The number of hydrogen-bond acceptors (Lipinski definition) is 3. The molecule has 1 heterocycles. The average Bonchev–Trinajstić information content (AvgIpc) is 2.99. The van der Waals surface area contributed by atoms with Crippen LogP contribution in [0.25, 0.3) is 0 Å². The summed E-state index contributed by atoms with van der Waals surface area (Å²) < 4.78 is 65.7. The Labute approximate surface area is 173 Å². The van der Waals surface area contributed by atoms with E-state index in [0.717, 1.165) is 49.9 Å². The van der Waals surface area contributed by atoms with Crippen LogP contribution in [0.15, 0.2) is 47.4 Å². The van der Waals surface area contributed by atoms with Crippen molar-refractivity contribution in [2.45, 2.75) is 43.7 Å². The number of nitrogens with zero attached hydrogens (tertiary/aromatic N) is 1. The third kappa shape index (κ3) is 5.02. The summed E-state index contributed by atoms with van der Waals surface area (Å²) in [6, 6.07) is 8.41. The monoisotopic (exact) mass is 440 g/mol. The molecule has 0 spiro atoms. The molecule has 162 valence electrons. The van der Waals surface area contributed by atoms with Crippen LogP contribution in [0.1, 0.15) is 47.2 Å². The molecule has 30 heavy (non-hydrogen) atoms. The minimum Gasteiger partial charge on any atom is -0.322 e. The van der Waals surface area contributed by atoms with Gasteiger partial charge in [0.05, 0.1) is 10.5 Å². The van der Waals surface area contributed by atoms with Crippen LogP contribution in [0.3, 0.4) is 0 Å². The Bertz CT molecular complexity index is 1010. The Morgan fingerprint density at radius 1 is 0.967 bits per heavy atom. The summed E-state index contributed by atoms with van der Waals surface area (Å²) in [5.41, 5.74) is 0.0198. The number of benzene rings is 2. The van der Waals surface area contributed by atoms with Crippen molar-refractivity contribution in [1.82, 2.24) is 4.31 Å².